The van der Waals surface area contributed by atoms with E-state index in [1.807, 2.05) is 198 Å². The maximum absolute atomic E-state index is 14.2. The number of rotatable bonds is 17. The number of carboxylic acid groups (broad SMARTS) is 1. The van der Waals surface area contributed by atoms with Gasteiger partial charge in [-0.1, -0.05) is 109 Å². The third-order valence-electron chi connectivity index (χ3n) is 19.6. The molecule has 0 unspecified atom stereocenters. The predicted octanol–water partition coefficient (Wildman–Crippen LogP) is 8.47. The Morgan fingerprint density at radius 2 is 0.820 bits per heavy atom. The van der Waals surface area contributed by atoms with E-state index in [4.69, 9.17) is 20.3 Å². The fourth-order valence-corrected chi connectivity index (χ4v) is 13.4. The van der Waals surface area contributed by atoms with Gasteiger partial charge in [0.15, 0.2) is 11.6 Å². The van der Waals surface area contributed by atoms with Gasteiger partial charge in [0, 0.05) is 51.7 Å². The number of likely N-dealkylation sites (tertiary alicyclic amines) is 2. The van der Waals surface area contributed by atoms with Crippen LogP contribution in [0.4, 0.5) is 0 Å². The zero-order chi connectivity index (χ0) is 74.2. The van der Waals surface area contributed by atoms with Gasteiger partial charge in [0.1, 0.15) is 41.1 Å². The smallest absolute Gasteiger partial charge is 0.306 e. The number of carbonyl (C=O) groups is 8. The number of nitrogens with two attached hydrogens (primary N) is 1. The first-order valence-corrected chi connectivity index (χ1v) is 36.4. The second-order valence-corrected chi connectivity index (χ2v) is 28.0. The van der Waals surface area contributed by atoms with Crippen LogP contribution in [-0.4, -0.2) is 158 Å². The molecule has 6 heterocycles. The minimum Gasteiger partial charge on any atom is -0.481 e. The summed E-state index contributed by atoms with van der Waals surface area (Å²) in [4.78, 5) is 111. The Morgan fingerprint density at radius 1 is 0.450 bits per heavy atom. The number of aromatic nitrogens is 4. The lowest BCUT2D eigenvalue weighted by Gasteiger charge is -2.30. The molecule has 4 aliphatic rings. The monoisotopic (exact) mass is 1630 g/mol. The maximum atomic E-state index is 14.2. The number of carbonyl (C=O) groups excluding carboxylic acids is 7. The molecule has 4 aliphatic heterocycles. The third kappa shape index (κ3) is 30.5. The number of amides is 5. The van der Waals surface area contributed by atoms with Crippen LogP contribution in [0.2, 0.25) is 0 Å². The number of piperidine rings is 2. The first-order chi connectivity index (χ1) is 50.7. The molecular formula is C82H110N12O11S6. The first-order valence-electron chi connectivity index (χ1n) is 36.4. The number of hydrogen-bond donors (Lipinski definition) is 7. The van der Waals surface area contributed by atoms with Crippen LogP contribution in [0.1, 0.15) is 95.9 Å². The van der Waals surface area contributed by atoms with E-state index in [9.17, 15) is 38.4 Å². The van der Waals surface area contributed by atoms with Crippen molar-refractivity contribution in [2.24, 2.45) is 31.7 Å². The van der Waals surface area contributed by atoms with Crippen LogP contribution < -0.4 is 41.8 Å². The molecule has 2 saturated heterocycles. The van der Waals surface area contributed by atoms with Gasteiger partial charge >= 0.3 is 5.97 Å². The molecule has 2 aromatic heterocycles. The van der Waals surface area contributed by atoms with Crippen molar-refractivity contribution in [3.8, 4) is 23.0 Å². The fraction of sp³-hybridized carbons (Fsp3) is 0.390. The average Bonchev–Trinajstić information content (AvgIpc) is 1.61. The largest absolute Gasteiger partial charge is 0.481 e. The summed E-state index contributed by atoms with van der Waals surface area (Å²) in [6, 6.07) is 44.1. The number of benzene rings is 6. The molecule has 8 bridgehead atoms. The van der Waals surface area contributed by atoms with Crippen LogP contribution in [0, 0.1) is 11.8 Å². The van der Waals surface area contributed by atoms with Crippen LogP contribution in [0.5, 0.6) is 23.0 Å². The number of ether oxygens (including phenoxy) is 2. The molecule has 2 fully saturated rings. The van der Waals surface area contributed by atoms with Crippen molar-refractivity contribution in [1.82, 2.24) is 55.9 Å². The maximum Gasteiger partial charge on any atom is 0.306 e. The highest BCUT2D eigenvalue weighted by Crippen LogP contribution is 2.28. The topological polar surface area (TPSA) is 304 Å². The Labute approximate surface area is 693 Å². The van der Waals surface area contributed by atoms with Gasteiger partial charge in [0.2, 0.25) is 29.5 Å². The Bertz CT molecular complexity index is 4260. The lowest BCUT2D eigenvalue weighted by atomic mass is 9.95. The normalized spacial score (nSPS) is 19.0. The number of fused-ring (bicyclic) bond motifs is 8. The summed E-state index contributed by atoms with van der Waals surface area (Å²) in [5.41, 5.74) is 13.5. The van der Waals surface area contributed by atoms with E-state index >= 15 is 0 Å². The van der Waals surface area contributed by atoms with E-state index in [0.717, 1.165) is 83.5 Å². The minimum atomic E-state index is -0.960. The molecule has 6 aromatic carbocycles. The Hall–Kier alpha value is -8.52. The van der Waals surface area contributed by atoms with Gasteiger partial charge < -0.3 is 56.7 Å². The highest BCUT2D eigenvalue weighted by atomic mass is 32.1. The predicted molar refractivity (Wildman–Crippen MR) is 461 cm³/mol. The van der Waals surface area contributed by atoms with Crippen LogP contribution in [0.3, 0.4) is 0 Å². The number of hydrogen-bond acceptors (Lipinski definition) is 15. The van der Waals surface area contributed by atoms with Gasteiger partial charge in [-0.05, 0) is 217 Å². The molecule has 5 amide bonds. The Morgan fingerprint density at radius 3 is 1.20 bits per heavy atom. The molecule has 111 heavy (non-hydrogen) atoms. The molecule has 600 valence electrons. The molecule has 29 heteroatoms. The average molecular weight is 1630 g/mol. The number of ketones is 2. The molecular weight excluding hydrogens is 1520 g/mol. The van der Waals surface area contributed by atoms with E-state index in [0.29, 0.717) is 74.4 Å². The molecule has 0 aliphatic carbocycles. The highest BCUT2D eigenvalue weighted by molar-refractivity contribution is 7.60. The number of carboxylic acids is 1. The summed E-state index contributed by atoms with van der Waals surface area (Å²) in [5, 5.41) is 31.9. The number of Topliss-reactive ketones (excluding diaryl/α,β-unsaturated/α-hetero) is 2. The van der Waals surface area contributed by atoms with E-state index in [1.54, 1.807) is 21.8 Å². The third-order valence-corrected chi connectivity index (χ3v) is 19.6. The van der Waals surface area contributed by atoms with Crippen molar-refractivity contribution in [2.75, 3.05) is 40.3 Å². The zero-order valence-electron chi connectivity index (χ0n) is 63.4. The van der Waals surface area contributed by atoms with E-state index in [1.165, 1.54) is 0 Å². The molecule has 8 aromatic rings. The van der Waals surface area contributed by atoms with Crippen LogP contribution in [0.25, 0.3) is 0 Å². The molecule has 0 radical (unpaired) electrons. The fourth-order valence-electron chi connectivity index (χ4n) is 13.4. The summed E-state index contributed by atoms with van der Waals surface area (Å²) in [6.45, 7) is 3.46. The van der Waals surface area contributed by atoms with E-state index < -0.39 is 65.8 Å². The number of aryl methyl sites for hydroxylation is 6. The molecule has 6 atom stereocenters. The Balaban J connectivity index is 0.000000400. The number of nitrogens with zero attached hydrogens (tertiary/aromatic N) is 6. The van der Waals surface area contributed by atoms with Crippen molar-refractivity contribution in [2.45, 2.75) is 139 Å². The first kappa shape index (κ1) is 94.9. The van der Waals surface area contributed by atoms with Gasteiger partial charge in [-0.2, -0.15) is 91.2 Å². The van der Waals surface area contributed by atoms with Crippen LogP contribution >= 0.6 is 81.0 Å². The van der Waals surface area contributed by atoms with Crippen molar-refractivity contribution in [1.29, 1.82) is 0 Å². The lowest BCUT2D eigenvalue weighted by Crippen LogP contribution is -2.57. The van der Waals surface area contributed by atoms with Crippen molar-refractivity contribution in [3.05, 3.63) is 227 Å². The minimum absolute atomic E-state index is 0. The van der Waals surface area contributed by atoms with Gasteiger partial charge in [-0.3, -0.25) is 47.7 Å². The number of aliphatic carboxylic acids is 1. The van der Waals surface area contributed by atoms with Gasteiger partial charge in [-0.25, -0.2) is 0 Å². The standard InChI is InChI=1S/C41H48N6O5.C34H37N5O4.C7H13NO2.6H2S/c1-46-20-18-32(19-21-46)39(49)45-37-25-30-11-7-13-34(23-30)52-33-12-6-10-29(22-33)24-36(38(48)17-15-31-26-42-47(2)27-31)44-40(50)35(43-41(37)51)16-14-28-8-4-3-5-9-28;1-39-22-26(21-36-39)14-16-32(40)31-20-25-10-6-12-28(18-25)43-27-11-5-9-24(17-27)19-29(35)33(41)37-30(34(42)38-31)15-13-23-7-3-2-4-8-23;1-8-4-2-6(3-5-8)7(9)10;;;;;;/h3-13,22-23,26-27,32,35-37H,14-21,24-25H2,1-2H3,(H,43,51)(H,44,50)(H,45,49);2-12,17-18,21-22,29-31H,13-16,19-20,35H2,1H3,(H,37,41)(H,38,42);6H,2-5H2,1H3,(H,9,10);6*1H2/t35-,36-,37-;29-,30-,31-;;;;;;;/m00......./s1. The molecule has 0 spiro atoms. The van der Waals surface area contributed by atoms with Crippen molar-refractivity contribution < 1.29 is 52.9 Å². The summed E-state index contributed by atoms with van der Waals surface area (Å²) >= 11 is 0. The second kappa shape index (κ2) is 47.8. The zero-order valence-corrected chi connectivity index (χ0v) is 69.4. The quantitative estimate of drug-likeness (QED) is 0.0449. The van der Waals surface area contributed by atoms with Crippen molar-refractivity contribution in [3.63, 3.8) is 0 Å². The van der Waals surface area contributed by atoms with Gasteiger partial charge in [0.25, 0.3) is 0 Å². The van der Waals surface area contributed by atoms with Crippen LogP contribution in [-0.2, 0) is 104 Å². The second-order valence-electron chi connectivity index (χ2n) is 28.0. The lowest BCUT2D eigenvalue weighted by molar-refractivity contribution is -0.143. The van der Waals surface area contributed by atoms with Crippen LogP contribution in [0.15, 0.2) is 183 Å². The Kier molecular flexibility index (Phi) is 40.8. The van der Waals surface area contributed by atoms with Crippen molar-refractivity contribution >= 4 is 128 Å². The summed E-state index contributed by atoms with van der Waals surface area (Å²) in [5.74, 6) is -0.707. The van der Waals surface area contributed by atoms with E-state index in [-0.39, 0.29) is 149 Å². The molecule has 8 N–H and O–H groups in total. The number of nitrogens with one attached hydrogen (secondary N) is 5. The SMILES string of the molecule is CN1CCC(C(=O)N[C@H]2Cc3cccc(c3)Oc3cccc(c3)C[C@@H](C(=O)CCc3cnn(C)c3)NC(=O)[C@H](CCc3ccccc3)NC2=O)CC1.CN1CCC(C(=O)O)CC1.Cn1cc(CCC(=O)[C@@H]2Cc3cccc(c3)Oc3cccc(c3)C[C@H](N)C(=O)N[C@@H](CCc3ccccc3)C(=O)N2)cn1.S.S.S.S.S.S. The molecule has 12 rings (SSSR count). The van der Waals surface area contributed by atoms with Gasteiger partial charge in [0.05, 0.1) is 36.4 Å². The highest BCUT2D eigenvalue weighted by Gasteiger charge is 2.34. The van der Waals surface area contributed by atoms with E-state index in [2.05, 4.69) is 46.6 Å². The summed E-state index contributed by atoms with van der Waals surface area (Å²) in [6.07, 6.45) is 14.4. The van der Waals surface area contributed by atoms with Gasteiger partial charge in [-0.15, -0.1) is 0 Å². The molecule has 23 nitrogen and oxygen atoms in total. The summed E-state index contributed by atoms with van der Waals surface area (Å²) in [7, 11) is 7.72. The summed E-state index contributed by atoms with van der Waals surface area (Å²) < 4.78 is 15.8. The molecule has 0 saturated carbocycles.